The van der Waals surface area contributed by atoms with Crippen molar-refractivity contribution >= 4 is 17.4 Å². The maximum atomic E-state index is 11.1. The first-order chi connectivity index (χ1) is 14.8. The second-order valence-electron chi connectivity index (χ2n) is 10.3. The maximum absolute atomic E-state index is 11.1. The summed E-state index contributed by atoms with van der Waals surface area (Å²) in [5.74, 6) is 0.315. The van der Waals surface area contributed by atoms with Crippen molar-refractivity contribution in [3.05, 3.63) is 57.9 Å². The summed E-state index contributed by atoms with van der Waals surface area (Å²) in [7, 11) is 1.54. The van der Waals surface area contributed by atoms with Gasteiger partial charge < -0.3 is 15.1 Å². The normalized spacial score (nSPS) is 12.1. The average molecular weight is 453 g/mol. The lowest BCUT2D eigenvalue weighted by atomic mass is 9.80. The van der Waals surface area contributed by atoms with Crippen LogP contribution in [0.1, 0.15) is 57.7 Å². The Balaban J connectivity index is 2.06. The number of thiazole rings is 1. The van der Waals surface area contributed by atoms with Crippen LogP contribution < -0.4 is 0 Å². The molecule has 0 radical (unpaired) electrons. The van der Waals surface area contributed by atoms with Crippen LogP contribution in [0.2, 0.25) is 0 Å². The zero-order valence-corrected chi connectivity index (χ0v) is 20.7. The first-order valence-electron chi connectivity index (χ1n) is 10.6. The zero-order chi connectivity index (χ0) is 23.8. The summed E-state index contributed by atoms with van der Waals surface area (Å²) in [4.78, 5) is 17.1. The summed E-state index contributed by atoms with van der Waals surface area (Å²) in [5.41, 5.74) is 5.88. The van der Waals surface area contributed by atoms with E-state index < -0.39 is 6.09 Å². The fraction of sp³-hybridized carbons (Fsp3) is 0.385. The van der Waals surface area contributed by atoms with Crippen molar-refractivity contribution < 1.29 is 15.0 Å². The topological polar surface area (TPSA) is 73.7 Å². The highest BCUT2D eigenvalue weighted by molar-refractivity contribution is 7.09. The Kier molecular flexibility index (Phi) is 6.38. The highest BCUT2D eigenvalue weighted by Crippen LogP contribution is 2.39. The smallest absolute Gasteiger partial charge is 0.407 e. The van der Waals surface area contributed by atoms with Crippen molar-refractivity contribution in [2.24, 2.45) is 0 Å². The Hall–Kier alpha value is -2.86. The van der Waals surface area contributed by atoms with Gasteiger partial charge in [0.05, 0.1) is 12.2 Å². The van der Waals surface area contributed by atoms with Gasteiger partial charge in [0.25, 0.3) is 0 Å². The lowest BCUT2D eigenvalue weighted by molar-refractivity contribution is 0.153. The van der Waals surface area contributed by atoms with Crippen molar-refractivity contribution in [2.45, 2.75) is 58.9 Å². The molecule has 2 aromatic carbocycles. The molecule has 0 aliphatic carbocycles. The summed E-state index contributed by atoms with van der Waals surface area (Å²) >= 11 is 1.47. The molecular weight excluding hydrogens is 420 g/mol. The molecular formula is C26H32N2O3S. The number of benzene rings is 2. The first-order valence-corrected chi connectivity index (χ1v) is 11.5. The van der Waals surface area contributed by atoms with E-state index in [9.17, 15) is 9.90 Å². The molecule has 0 aliphatic heterocycles. The number of nitrogens with zero attached hydrogens (tertiary/aromatic N) is 2. The van der Waals surface area contributed by atoms with Crippen LogP contribution in [-0.2, 0) is 17.4 Å². The third-order valence-corrected chi connectivity index (χ3v) is 6.33. The zero-order valence-electron chi connectivity index (χ0n) is 19.9. The summed E-state index contributed by atoms with van der Waals surface area (Å²) < 4.78 is 0. The Morgan fingerprint density at radius 1 is 0.969 bits per heavy atom. The minimum Gasteiger partial charge on any atom is -0.508 e. The highest BCUT2D eigenvalue weighted by Gasteiger charge is 2.23. The molecule has 0 fully saturated rings. The lowest BCUT2D eigenvalue weighted by Gasteiger charge is -2.24. The Labute approximate surface area is 194 Å². The van der Waals surface area contributed by atoms with Gasteiger partial charge in [0.1, 0.15) is 10.8 Å². The average Bonchev–Trinajstić information content (AvgIpc) is 3.14. The Bertz CT molecular complexity index is 1140. The van der Waals surface area contributed by atoms with Crippen LogP contribution in [0.25, 0.3) is 22.4 Å². The van der Waals surface area contributed by atoms with Gasteiger partial charge in [-0.25, -0.2) is 9.78 Å². The molecule has 0 bridgehead atoms. The second-order valence-corrected chi connectivity index (χ2v) is 11.2. The van der Waals surface area contributed by atoms with Crippen LogP contribution in [0.4, 0.5) is 4.79 Å². The lowest BCUT2D eigenvalue weighted by Crippen LogP contribution is -2.23. The molecule has 0 saturated heterocycles. The molecule has 170 valence electrons. The van der Waals surface area contributed by atoms with Crippen molar-refractivity contribution in [1.82, 2.24) is 9.88 Å². The number of amides is 1. The van der Waals surface area contributed by atoms with Crippen molar-refractivity contribution in [2.75, 3.05) is 7.05 Å². The number of phenolic OH excluding ortho intramolecular Hbond substituents is 1. The molecule has 6 heteroatoms. The van der Waals surface area contributed by atoms with Crippen molar-refractivity contribution in [3.8, 4) is 28.1 Å². The van der Waals surface area contributed by atoms with Gasteiger partial charge in [0.15, 0.2) is 0 Å². The molecule has 1 amide bonds. The highest BCUT2D eigenvalue weighted by atomic mass is 32.1. The minimum absolute atomic E-state index is 0.114. The largest absolute Gasteiger partial charge is 0.508 e. The molecule has 1 aromatic heterocycles. The molecule has 2 N–H and O–H groups in total. The van der Waals surface area contributed by atoms with Crippen LogP contribution in [0.5, 0.6) is 5.75 Å². The number of carboxylic acid groups (broad SMARTS) is 1. The molecule has 0 saturated carbocycles. The summed E-state index contributed by atoms with van der Waals surface area (Å²) in [6, 6.07) is 12.2. The van der Waals surface area contributed by atoms with E-state index in [1.54, 1.807) is 13.1 Å². The molecule has 0 spiro atoms. The SMILES string of the molecule is CN(Cc1nc(-c2ccc(-c3ccc(O)c(C(C)(C)C)c3)cc2C(C)(C)C)cs1)C(=O)O. The summed E-state index contributed by atoms with van der Waals surface area (Å²) in [5, 5.41) is 22.2. The third-order valence-electron chi connectivity index (χ3n) is 5.49. The van der Waals surface area contributed by atoms with E-state index in [0.717, 1.165) is 33.0 Å². The quantitative estimate of drug-likeness (QED) is 0.452. The molecule has 0 unspecified atom stereocenters. The maximum Gasteiger partial charge on any atom is 0.407 e. The predicted molar refractivity (Wildman–Crippen MR) is 132 cm³/mol. The first kappa shape index (κ1) is 23.8. The fourth-order valence-corrected chi connectivity index (χ4v) is 4.51. The monoisotopic (exact) mass is 452 g/mol. The van der Waals surface area contributed by atoms with Gasteiger partial charge in [-0.05, 0) is 51.3 Å². The number of rotatable bonds is 4. The minimum atomic E-state index is -0.968. The van der Waals surface area contributed by atoms with Gasteiger partial charge in [-0.15, -0.1) is 11.3 Å². The van der Waals surface area contributed by atoms with Crippen LogP contribution in [-0.4, -0.2) is 33.2 Å². The van der Waals surface area contributed by atoms with Crippen LogP contribution in [0.15, 0.2) is 41.8 Å². The standard InChI is InChI=1S/C26H32N2O3S/c1-25(2,3)19-12-16(17-9-11-22(29)20(13-17)26(4,5)6)8-10-18(19)21-15-32-23(27-21)14-28(7)24(30)31/h8-13,15,29H,14H2,1-7H3,(H,30,31). The molecule has 1 heterocycles. The molecule has 3 rings (SSSR count). The van der Waals surface area contributed by atoms with Gasteiger partial charge in [0.2, 0.25) is 0 Å². The fourth-order valence-electron chi connectivity index (χ4n) is 3.66. The summed E-state index contributed by atoms with van der Waals surface area (Å²) in [6.07, 6.45) is -0.968. The number of aromatic nitrogens is 1. The molecule has 0 atom stereocenters. The van der Waals surface area contributed by atoms with E-state index in [4.69, 9.17) is 10.1 Å². The van der Waals surface area contributed by atoms with E-state index in [-0.39, 0.29) is 17.4 Å². The van der Waals surface area contributed by atoms with Gasteiger partial charge in [-0.3, -0.25) is 0 Å². The van der Waals surface area contributed by atoms with E-state index in [0.29, 0.717) is 5.75 Å². The molecule has 5 nitrogen and oxygen atoms in total. The number of hydrogen-bond acceptors (Lipinski definition) is 4. The van der Waals surface area contributed by atoms with E-state index in [1.807, 2.05) is 11.4 Å². The van der Waals surface area contributed by atoms with Gasteiger partial charge in [-0.1, -0.05) is 59.7 Å². The van der Waals surface area contributed by atoms with Gasteiger partial charge in [0, 0.05) is 18.0 Å². The van der Waals surface area contributed by atoms with Crippen molar-refractivity contribution in [1.29, 1.82) is 0 Å². The van der Waals surface area contributed by atoms with Gasteiger partial charge in [-0.2, -0.15) is 0 Å². The molecule has 0 aliphatic rings. The van der Waals surface area contributed by atoms with Gasteiger partial charge >= 0.3 is 6.09 Å². The second kappa shape index (κ2) is 8.58. The van der Waals surface area contributed by atoms with E-state index in [2.05, 4.69) is 65.8 Å². The van der Waals surface area contributed by atoms with Crippen LogP contribution in [0, 0.1) is 0 Å². The van der Waals surface area contributed by atoms with E-state index >= 15 is 0 Å². The number of aromatic hydroxyl groups is 1. The van der Waals surface area contributed by atoms with E-state index in [1.165, 1.54) is 21.8 Å². The predicted octanol–water partition coefficient (Wildman–Crippen LogP) is 6.89. The summed E-state index contributed by atoms with van der Waals surface area (Å²) in [6.45, 7) is 13.1. The Morgan fingerprint density at radius 3 is 2.09 bits per heavy atom. The number of carbonyl (C=O) groups is 1. The third kappa shape index (κ3) is 5.13. The van der Waals surface area contributed by atoms with Crippen LogP contribution >= 0.6 is 11.3 Å². The number of hydrogen-bond donors (Lipinski definition) is 2. The van der Waals surface area contributed by atoms with Crippen LogP contribution in [0.3, 0.4) is 0 Å². The molecule has 32 heavy (non-hydrogen) atoms. The number of phenols is 1. The van der Waals surface area contributed by atoms with Crippen molar-refractivity contribution in [3.63, 3.8) is 0 Å². The Morgan fingerprint density at radius 2 is 1.53 bits per heavy atom. The molecule has 3 aromatic rings.